The normalized spacial score (nSPS) is 17.2. The maximum absolute atomic E-state index is 12.5. The molecule has 2 aromatic rings. The summed E-state index contributed by atoms with van der Waals surface area (Å²) in [6, 6.07) is 9.90. The number of amides is 1. The molecule has 5 nitrogen and oxygen atoms in total. The predicted octanol–water partition coefficient (Wildman–Crippen LogP) is 3.25. The summed E-state index contributed by atoms with van der Waals surface area (Å²) in [4.78, 5) is 21.5. The number of carbonyl (C=O) groups excluding carboxylic acids is 1. The largest absolute Gasteiger partial charge is 0.339 e. The van der Waals surface area contributed by atoms with Crippen molar-refractivity contribution in [3.05, 3.63) is 41.4 Å². The molecule has 0 saturated carbocycles. The third kappa shape index (κ3) is 5.51. The van der Waals surface area contributed by atoms with Crippen LogP contribution in [0.4, 0.5) is 0 Å². The molecule has 148 valence electrons. The third-order valence-corrected chi connectivity index (χ3v) is 6.12. The number of benzene rings is 1. The van der Waals surface area contributed by atoms with Crippen LogP contribution in [0, 0.1) is 5.92 Å². The highest BCUT2D eigenvalue weighted by Crippen LogP contribution is 2.24. The number of rotatable bonds is 6. The minimum absolute atomic E-state index is 0. The van der Waals surface area contributed by atoms with Crippen LogP contribution in [0.15, 0.2) is 35.7 Å². The van der Waals surface area contributed by atoms with Gasteiger partial charge in [0.1, 0.15) is 5.01 Å². The van der Waals surface area contributed by atoms with Crippen LogP contribution in [0.5, 0.6) is 0 Å². The molecule has 1 aliphatic rings. The molecule has 0 radical (unpaired) electrons. The molecule has 1 aliphatic heterocycles. The van der Waals surface area contributed by atoms with Crippen LogP contribution in [0.1, 0.15) is 26.0 Å². The standard InChI is InChI=1S/C20H28N4OS.ClH/c1-3-15(2)18(21)20(25)24-11-9-23(10-12-24)13-17-14-26-19(22-17)16-7-5-4-6-8-16;/h4-8,14-15,18H,3,9-13,21H2,1-2H3;1H. The highest BCUT2D eigenvalue weighted by molar-refractivity contribution is 7.13. The fourth-order valence-electron chi connectivity index (χ4n) is 3.16. The summed E-state index contributed by atoms with van der Waals surface area (Å²) in [7, 11) is 0. The topological polar surface area (TPSA) is 62.5 Å². The van der Waals surface area contributed by atoms with Crippen LogP contribution >= 0.6 is 23.7 Å². The smallest absolute Gasteiger partial charge is 0.239 e. The summed E-state index contributed by atoms with van der Waals surface area (Å²) in [5, 5.41) is 3.20. The quantitative estimate of drug-likeness (QED) is 0.796. The molecule has 0 spiro atoms. The summed E-state index contributed by atoms with van der Waals surface area (Å²) in [5.74, 6) is 0.325. The molecule has 27 heavy (non-hydrogen) atoms. The Morgan fingerprint density at radius 1 is 1.22 bits per heavy atom. The number of nitrogens with two attached hydrogens (primary N) is 1. The first kappa shape index (κ1) is 21.8. The van der Waals surface area contributed by atoms with E-state index >= 15 is 0 Å². The average molecular weight is 409 g/mol. The van der Waals surface area contributed by atoms with Crippen LogP contribution < -0.4 is 5.73 Å². The van der Waals surface area contributed by atoms with Crippen LogP contribution in [0.25, 0.3) is 10.6 Å². The van der Waals surface area contributed by atoms with Crippen molar-refractivity contribution in [2.75, 3.05) is 26.2 Å². The molecule has 2 N–H and O–H groups in total. The van der Waals surface area contributed by atoms with E-state index in [0.29, 0.717) is 0 Å². The molecular weight excluding hydrogens is 380 g/mol. The molecule has 3 rings (SSSR count). The minimum atomic E-state index is -0.376. The van der Waals surface area contributed by atoms with Crippen molar-refractivity contribution in [1.82, 2.24) is 14.8 Å². The lowest BCUT2D eigenvalue weighted by Crippen LogP contribution is -2.54. The Bertz CT molecular complexity index is 716. The molecular formula is C20H29ClN4OS. The highest BCUT2D eigenvalue weighted by Gasteiger charge is 2.28. The fourth-order valence-corrected chi connectivity index (χ4v) is 3.97. The monoisotopic (exact) mass is 408 g/mol. The zero-order chi connectivity index (χ0) is 18.5. The number of nitrogens with zero attached hydrogens (tertiary/aromatic N) is 3. The zero-order valence-corrected chi connectivity index (χ0v) is 17.6. The molecule has 1 fully saturated rings. The maximum atomic E-state index is 12.5. The van der Waals surface area contributed by atoms with E-state index in [4.69, 9.17) is 10.7 Å². The molecule has 2 atom stereocenters. The van der Waals surface area contributed by atoms with Gasteiger partial charge in [-0.1, -0.05) is 50.6 Å². The van der Waals surface area contributed by atoms with Gasteiger partial charge < -0.3 is 10.6 Å². The number of hydrogen-bond acceptors (Lipinski definition) is 5. The molecule has 7 heteroatoms. The number of carbonyl (C=O) groups is 1. The van der Waals surface area contributed by atoms with Gasteiger partial charge in [-0.15, -0.1) is 23.7 Å². The van der Waals surface area contributed by atoms with E-state index in [-0.39, 0.29) is 30.3 Å². The van der Waals surface area contributed by atoms with E-state index in [0.717, 1.165) is 55.4 Å². The maximum Gasteiger partial charge on any atom is 0.239 e. The Labute approximate surface area is 172 Å². The van der Waals surface area contributed by atoms with Crippen LogP contribution in [0.3, 0.4) is 0 Å². The molecule has 0 bridgehead atoms. The number of halogens is 1. The Morgan fingerprint density at radius 2 is 1.89 bits per heavy atom. The summed E-state index contributed by atoms with van der Waals surface area (Å²) in [6.45, 7) is 8.20. The molecule has 2 unspecified atom stereocenters. The lowest BCUT2D eigenvalue weighted by Gasteiger charge is -2.36. The molecule has 1 aromatic heterocycles. The van der Waals surface area contributed by atoms with E-state index in [1.165, 1.54) is 0 Å². The first-order valence-corrected chi connectivity index (χ1v) is 10.2. The van der Waals surface area contributed by atoms with Gasteiger partial charge in [-0.2, -0.15) is 0 Å². The van der Waals surface area contributed by atoms with Crippen molar-refractivity contribution in [1.29, 1.82) is 0 Å². The van der Waals surface area contributed by atoms with E-state index < -0.39 is 0 Å². The van der Waals surface area contributed by atoms with Gasteiger partial charge in [0.05, 0.1) is 11.7 Å². The van der Waals surface area contributed by atoms with Crippen molar-refractivity contribution in [2.45, 2.75) is 32.9 Å². The number of hydrogen-bond donors (Lipinski definition) is 1. The summed E-state index contributed by atoms with van der Waals surface area (Å²) >= 11 is 1.69. The Kier molecular flexibility index (Phi) is 8.23. The Balaban J connectivity index is 0.00000261. The van der Waals surface area contributed by atoms with E-state index in [1.54, 1.807) is 11.3 Å². The van der Waals surface area contributed by atoms with E-state index in [9.17, 15) is 4.79 Å². The second-order valence-corrected chi connectivity index (χ2v) is 7.88. The molecule has 1 saturated heterocycles. The van der Waals surface area contributed by atoms with Gasteiger partial charge in [0.15, 0.2) is 0 Å². The number of aromatic nitrogens is 1. The fraction of sp³-hybridized carbons (Fsp3) is 0.500. The first-order valence-electron chi connectivity index (χ1n) is 9.35. The molecule has 0 aliphatic carbocycles. The zero-order valence-electron chi connectivity index (χ0n) is 16.0. The van der Waals surface area contributed by atoms with E-state index in [1.807, 2.05) is 30.0 Å². The van der Waals surface area contributed by atoms with Gasteiger partial charge in [0.2, 0.25) is 5.91 Å². The summed E-state index contributed by atoms with van der Waals surface area (Å²) < 4.78 is 0. The SMILES string of the molecule is CCC(C)C(N)C(=O)N1CCN(Cc2csc(-c3ccccc3)n2)CC1.Cl. The van der Waals surface area contributed by atoms with Gasteiger partial charge in [-0.05, 0) is 5.92 Å². The van der Waals surface area contributed by atoms with Crippen LogP contribution in [0.2, 0.25) is 0 Å². The van der Waals surface area contributed by atoms with Crippen LogP contribution in [-0.4, -0.2) is 52.9 Å². The average Bonchev–Trinajstić information content (AvgIpc) is 3.16. The lowest BCUT2D eigenvalue weighted by molar-refractivity contribution is -0.135. The Hall–Kier alpha value is -1.47. The number of piperazine rings is 1. The summed E-state index contributed by atoms with van der Waals surface area (Å²) in [6.07, 6.45) is 0.931. The molecule has 2 heterocycles. The van der Waals surface area contributed by atoms with Crippen molar-refractivity contribution in [3.8, 4) is 10.6 Å². The van der Waals surface area contributed by atoms with Crippen LogP contribution in [-0.2, 0) is 11.3 Å². The number of thiazole rings is 1. The third-order valence-electron chi connectivity index (χ3n) is 5.18. The van der Waals surface area contributed by atoms with Gasteiger partial charge in [-0.3, -0.25) is 9.69 Å². The van der Waals surface area contributed by atoms with Gasteiger partial charge in [-0.25, -0.2) is 4.98 Å². The first-order chi connectivity index (χ1) is 12.6. The van der Waals surface area contributed by atoms with Gasteiger partial charge >= 0.3 is 0 Å². The second-order valence-electron chi connectivity index (χ2n) is 7.02. The Morgan fingerprint density at radius 3 is 2.52 bits per heavy atom. The van der Waals surface area contributed by atoms with Gasteiger partial charge in [0, 0.05) is 43.7 Å². The molecule has 1 amide bonds. The van der Waals surface area contributed by atoms with E-state index in [2.05, 4.69) is 29.3 Å². The highest BCUT2D eigenvalue weighted by atomic mass is 35.5. The minimum Gasteiger partial charge on any atom is -0.339 e. The van der Waals surface area contributed by atoms with Gasteiger partial charge in [0.25, 0.3) is 0 Å². The molecule has 1 aromatic carbocycles. The lowest BCUT2D eigenvalue weighted by atomic mass is 9.98. The van der Waals surface area contributed by atoms with Crippen molar-refractivity contribution < 1.29 is 4.79 Å². The van der Waals surface area contributed by atoms with Crippen molar-refractivity contribution in [3.63, 3.8) is 0 Å². The predicted molar refractivity (Wildman–Crippen MR) is 114 cm³/mol. The van der Waals surface area contributed by atoms with Crippen molar-refractivity contribution in [2.24, 2.45) is 11.7 Å². The second kappa shape index (κ2) is 10.2. The summed E-state index contributed by atoms with van der Waals surface area (Å²) in [5.41, 5.74) is 8.37. The van der Waals surface area contributed by atoms with Crippen molar-refractivity contribution >= 4 is 29.7 Å².